The molecule has 0 aliphatic rings. The number of thioether (sulfide) groups is 1. The van der Waals surface area contributed by atoms with E-state index in [1.165, 1.54) is 18.9 Å². The number of nitrogens with one attached hydrogen (secondary N) is 1. The molecule has 0 saturated heterocycles. The maximum atomic E-state index is 12.4. The molecule has 0 aliphatic carbocycles. The Labute approximate surface area is 162 Å². The van der Waals surface area contributed by atoms with E-state index in [9.17, 15) is 14.9 Å². The average molecular weight is 383 g/mol. The quantitative estimate of drug-likeness (QED) is 0.625. The predicted molar refractivity (Wildman–Crippen MR) is 105 cm³/mol. The van der Waals surface area contributed by atoms with Crippen molar-refractivity contribution in [3.8, 4) is 6.07 Å². The summed E-state index contributed by atoms with van der Waals surface area (Å²) in [6.45, 7) is 7.53. The highest BCUT2D eigenvalue weighted by molar-refractivity contribution is 8.00. The van der Waals surface area contributed by atoms with Crippen molar-refractivity contribution >= 4 is 29.3 Å². The number of rotatable bonds is 5. The van der Waals surface area contributed by atoms with Gasteiger partial charge in [0.05, 0.1) is 24.0 Å². The zero-order chi connectivity index (χ0) is 20.1. The first-order chi connectivity index (χ1) is 12.8. The highest BCUT2D eigenvalue weighted by Gasteiger charge is 2.15. The normalized spacial score (nSPS) is 10.2. The van der Waals surface area contributed by atoms with Crippen molar-refractivity contribution in [2.24, 2.45) is 0 Å². The van der Waals surface area contributed by atoms with E-state index in [0.29, 0.717) is 21.8 Å². The van der Waals surface area contributed by atoms with Crippen LogP contribution in [0.15, 0.2) is 23.2 Å². The van der Waals surface area contributed by atoms with Crippen LogP contribution in [0.2, 0.25) is 0 Å². The molecule has 0 radical (unpaired) electrons. The third-order valence-corrected chi connectivity index (χ3v) is 5.32. The Kier molecular flexibility index (Phi) is 6.59. The van der Waals surface area contributed by atoms with Crippen LogP contribution >= 0.6 is 11.8 Å². The zero-order valence-corrected chi connectivity index (χ0v) is 16.8. The van der Waals surface area contributed by atoms with Crippen LogP contribution in [0.25, 0.3) is 0 Å². The fourth-order valence-electron chi connectivity index (χ4n) is 2.47. The number of anilines is 1. The monoisotopic (exact) mass is 383 g/mol. The van der Waals surface area contributed by atoms with Gasteiger partial charge in [0.25, 0.3) is 0 Å². The lowest BCUT2D eigenvalue weighted by Crippen LogP contribution is -2.16. The second kappa shape index (κ2) is 8.69. The number of amides is 1. The summed E-state index contributed by atoms with van der Waals surface area (Å²) in [5, 5.41) is 12.8. The smallest absolute Gasteiger partial charge is 0.337 e. The molecule has 0 unspecified atom stereocenters. The van der Waals surface area contributed by atoms with Gasteiger partial charge in [0.15, 0.2) is 0 Å². The van der Waals surface area contributed by atoms with Crippen LogP contribution < -0.4 is 5.32 Å². The largest absolute Gasteiger partial charge is 0.465 e. The van der Waals surface area contributed by atoms with E-state index >= 15 is 0 Å². The molecule has 0 fully saturated rings. The molecule has 6 nitrogen and oxygen atoms in total. The van der Waals surface area contributed by atoms with E-state index in [1.54, 1.807) is 18.2 Å². The molecule has 0 spiro atoms. The summed E-state index contributed by atoms with van der Waals surface area (Å²) in [5.41, 5.74) is 4.96. The summed E-state index contributed by atoms with van der Waals surface area (Å²) in [5.74, 6) is -0.606. The van der Waals surface area contributed by atoms with Crippen molar-refractivity contribution < 1.29 is 14.3 Å². The van der Waals surface area contributed by atoms with E-state index in [4.69, 9.17) is 4.74 Å². The van der Waals surface area contributed by atoms with Gasteiger partial charge < -0.3 is 10.1 Å². The highest BCUT2D eigenvalue weighted by Crippen LogP contribution is 2.26. The number of ether oxygens (including phenoxy) is 1. The molecule has 1 aromatic heterocycles. The molecular weight excluding hydrogens is 362 g/mol. The van der Waals surface area contributed by atoms with Crippen molar-refractivity contribution in [1.29, 1.82) is 5.26 Å². The first-order valence-electron chi connectivity index (χ1n) is 8.28. The van der Waals surface area contributed by atoms with Crippen LogP contribution in [-0.2, 0) is 9.53 Å². The molecule has 140 valence electrons. The van der Waals surface area contributed by atoms with Crippen molar-refractivity contribution in [3.63, 3.8) is 0 Å². The Hall–Kier alpha value is -2.85. The highest BCUT2D eigenvalue weighted by atomic mass is 32.2. The summed E-state index contributed by atoms with van der Waals surface area (Å²) < 4.78 is 4.70. The number of esters is 1. The van der Waals surface area contributed by atoms with Gasteiger partial charge in [-0.15, -0.1) is 0 Å². The SMILES string of the molecule is COC(=O)c1ccc(C)c(NC(=O)CSc2nc(C)c(C)c(C)c2C#N)c1. The summed E-state index contributed by atoms with van der Waals surface area (Å²) in [6.07, 6.45) is 0. The van der Waals surface area contributed by atoms with Crippen LogP contribution in [-0.4, -0.2) is 29.7 Å². The molecule has 0 saturated carbocycles. The molecule has 27 heavy (non-hydrogen) atoms. The molecule has 0 bridgehead atoms. The van der Waals surface area contributed by atoms with Crippen LogP contribution in [0.3, 0.4) is 0 Å². The fourth-order valence-corrected chi connectivity index (χ4v) is 3.35. The second-order valence-corrected chi connectivity index (χ2v) is 7.06. The first kappa shape index (κ1) is 20.5. The zero-order valence-electron chi connectivity index (χ0n) is 16.0. The molecule has 0 aliphatic heterocycles. The fraction of sp³-hybridized carbons (Fsp3) is 0.300. The van der Waals surface area contributed by atoms with Crippen molar-refractivity contribution in [1.82, 2.24) is 4.98 Å². The second-order valence-electron chi connectivity index (χ2n) is 6.10. The maximum absolute atomic E-state index is 12.4. The molecule has 1 aromatic carbocycles. The molecule has 7 heteroatoms. The maximum Gasteiger partial charge on any atom is 0.337 e. The van der Waals surface area contributed by atoms with Crippen molar-refractivity contribution in [3.05, 3.63) is 51.7 Å². The molecule has 0 atom stereocenters. The van der Waals surface area contributed by atoms with Crippen LogP contribution in [0.5, 0.6) is 0 Å². The lowest BCUT2D eigenvalue weighted by atomic mass is 10.1. The molecule has 1 amide bonds. The minimum atomic E-state index is -0.464. The van der Waals surface area contributed by atoms with E-state index in [0.717, 1.165) is 22.4 Å². The number of carbonyl (C=O) groups is 2. The Bertz CT molecular complexity index is 948. The summed E-state index contributed by atoms with van der Waals surface area (Å²) in [4.78, 5) is 28.5. The minimum Gasteiger partial charge on any atom is -0.465 e. The Morgan fingerprint density at radius 1 is 1.22 bits per heavy atom. The number of aromatic nitrogens is 1. The molecule has 2 aromatic rings. The van der Waals surface area contributed by atoms with Crippen molar-refractivity contribution in [2.45, 2.75) is 32.7 Å². The number of nitriles is 1. The Morgan fingerprint density at radius 2 is 1.93 bits per heavy atom. The summed E-state index contributed by atoms with van der Waals surface area (Å²) >= 11 is 1.22. The van der Waals surface area contributed by atoms with Gasteiger partial charge >= 0.3 is 5.97 Å². The van der Waals surface area contributed by atoms with Crippen LogP contribution in [0.4, 0.5) is 5.69 Å². The minimum absolute atomic E-state index is 0.103. The van der Waals surface area contributed by atoms with Crippen LogP contribution in [0, 0.1) is 39.0 Å². The third kappa shape index (κ3) is 4.66. The van der Waals surface area contributed by atoms with E-state index in [1.807, 2.05) is 27.7 Å². The number of aryl methyl sites for hydroxylation is 2. The number of methoxy groups -OCH3 is 1. The standard InChI is InChI=1S/C20H21N3O3S/c1-11-6-7-15(20(25)26-5)8-17(11)23-18(24)10-27-19-16(9-21)13(3)12(2)14(4)22-19/h6-8H,10H2,1-5H3,(H,23,24). The molecule has 1 heterocycles. The average Bonchev–Trinajstić information content (AvgIpc) is 2.65. The van der Waals surface area contributed by atoms with Gasteiger partial charge in [0.1, 0.15) is 11.1 Å². The van der Waals surface area contributed by atoms with Crippen LogP contribution in [0.1, 0.15) is 38.3 Å². The number of hydrogen-bond acceptors (Lipinski definition) is 6. The number of nitrogens with zero attached hydrogens (tertiary/aromatic N) is 2. The van der Waals surface area contributed by atoms with Crippen molar-refractivity contribution in [2.75, 3.05) is 18.2 Å². The lowest BCUT2D eigenvalue weighted by Gasteiger charge is -2.12. The van der Waals surface area contributed by atoms with Gasteiger partial charge in [-0.2, -0.15) is 5.26 Å². The van der Waals surface area contributed by atoms with Gasteiger partial charge in [0, 0.05) is 11.4 Å². The molecule has 2 rings (SSSR count). The van der Waals surface area contributed by atoms with Gasteiger partial charge in [-0.1, -0.05) is 17.8 Å². The topological polar surface area (TPSA) is 92.1 Å². The lowest BCUT2D eigenvalue weighted by molar-refractivity contribution is -0.113. The number of hydrogen-bond donors (Lipinski definition) is 1. The first-order valence-corrected chi connectivity index (χ1v) is 9.26. The summed E-state index contributed by atoms with van der Waals surface area (Å²) in [7, 11) is 1.31. The van der Waals surface area contributed by atoms with Gasteiger partial charge in [-0.25, -0.2) is 9.78 Å². The third-order valence-electron chi connectivity index (χ3n) is 4.35. The Morgan fingerprint density at radius 3 is 2.56 bits per heavy atom. The van der Waals surface area contributed by atoms with E-state index < -0.39 is 5.97 Å². The Balaban J connectivity index is 2.14. The van der Waals surface area contributed by atoms with Gasteiger partial charge in [-0.3, -0.25) is 4.79 Å². The number of benzene rings is 1. The molecule has 1 N–H and O–H groups in total. The molecular formula is C20H21N3O3S. The predicted octanol–water partition coefficient (Wildman–Crippen LogP) is 3.70. The number of carbonyl (C=O) groups excluding carboxylic acids is 2. The summed E-state index contributed by atoms with van der Waals surface area (Å²) in [6, 6.07) is 7.15. The van der Waals surface area contributed by atoms with Gasteiger partial charge in [-0.05, 0) is 56.5 Å². The van der Waals surface area contributed by atoms with E-state index in [-0.39, 0.29) is 11.7 Å². The van der Waals surface area contributed by atoms with E-state index in [2.05, 4.69) is 16.4 Å². The number of pyridine rings is 1. The van der Waals surface area contributed by atoms with Gasteiger partial charge in [0.2, 0.25) is 5.91 Å².